The molecule has 0 aliphatic heterocycles. The minimum absolute atomic E-state index is 0.0768. The van der Waals surface area contributed by atoms with Gasteiger partial charge in [-0.3, -0.25) is 4.79 Å². The summed E-state index contributed by atoms with van der Waals surface area (Å²) in [6.45, 7) is 1.85. The topological polar surface area (TPSA) is 68.3 Å². The van der Waals surface area contributed by atoms with Gasteiger partial charge in [0.2, 0.25) is 0 Å². The van der Waals surface area contributed by atoms with Crippen LogP contribution in [-0.2, 0) is 4.74 Å². The third kappa shape index (κ3) is 3.58. The summed E-state index contributed by atoms with van der Waals surface area (Å²) in [7, 11) is 1.26. The Bertz CT molecular complexity index is 701. The van der Waals surface area contributed by atoms with E-state index in [0.29, 0.717) is 10.7 Å². The van der Waals surface area contributed by atoms with E-state index in [2.05, 4.69) is 15.0 Å². The molecule has 0 bridgehead atoms. The quantitative estimate of drug-likeness (QED) is 0.885. The first kappa shape index (κ1) is 15.0. The number of methoxy groups -OCH3 is 1. The molecule has 5 nitrogen and oxygen atoms in total. The van der Waals surface area contributed by atoms with Crippen LogP contribution in [0.2, 0.25) is 5.02 Å². The fraction of sp³-hybridized carbons (Fsp3) is 0.133. The van der Waals surface area contributed by atoms with E-state index < -0.39 is 11.9 Å². The predicted molar refractivity (Wildman–Crippen MR) is 79.7 cm³/mol. The van der Waals surface area contributed by atoms with Crippen LogP contribution in [0.3, 0.4) is 0 Å². The van der Waals surface area contributed by atoms with Crippen molar-refractivity contribution in [2.75, 3.05) is 12.4 Å². The molecule has 1 aromatic carbocycles. The zero-order valence-electron chi connectivity index (χ0n) is 11.5. The summed E-state index contributed by atoms with van der Waals surface area (Å²) in [5.74, 6) is -1.02. The van der Waals surface area contributed by atoms with Crippen LogP contribution >= 0.6 is 11.6 Å². The number of nitrogens with zero attached hydrogens (tertiary/aromatic N) is 1. The van der Waals surface area contributed by atoms with E-state index in [0.717, 1.165) is 5.56 Å². The molecule has 1 amide bonds. The highest BCUT2D eigenvalue weighted by Crippen LogP contribution is 2.20. The van der Waals surface area contributed by atoms with Gasteiger partial charge in [0, 0.05) is 10.7 Å². The second kappa shape index (κ2) is 6.37. The Kier molecular flexibility index (Phi) is 4.55. The summed E-state index contributed by atoms with van der Waals surface area (Å²) in [6, 6.07) is 9.76. The number of hydrogen-bond acceptors (Lipinski definition) is 4. The van der Waals surface area contributed by atoms with Gasteiger partial charge in [-0.05, 0) is 36.8 Å². The Morgan fingerprint density at radius 1 is 1.19 bits per heavy atom. The van der Waals surface area contributed by atoms with Crippen molar-refractivity contribution in [1.29, 1.82) is 0 Å². The number of nitrogens with one attached hydrogen (secondary N) is 1. The van der Waals surface area contributed by atoms with Crippen LogP contribution < -0.4 is 5.32 Å². The Morgan fingerprint density at radius 3 is 2.62 bits per heavy atom. The first-order valence-electron chi connectivity index (χ1n) is 6.14. The molecule has 0 aliphatic rings. The molecule has 0 unspecified atom stereocenters. The smallest absolute Gasteiger partial charge is 0.356 e. The van der Waals surface area contributed by atoms with Crippen LogP contribution in [0.5, 0.6) is 0 Å². The molecular weight excluding hydrogens is 292 g/mol. The van der Waals surface area contributed by atoms with Gasteiger partial charge >= 0.3 is 5.97 Å². The number of amides is 1. The summed E-state index contributed by atoms with van der Waals surface area (Å²) >= 11 is 5.90. The molecule has 6 heteroatoms. The van der Waals surface area contributed by atoms with Crippen LogP contribution in [0.4, 0.5) is 5.69 Å². The summed E-state index contributed by atoms with van der Waals surface area (Å²) in [6.07, 6.45) is 0. The van der Waals surface area contributed by atoms with Gasteiger partial charge in [-0.25, -0.2) is 9.78 Å². The third-order valence-electron chi connectivity index (χ3n) is 2.82. The van der Waals surface area contributed by atoms with E-state index in [1.165, 1.54) is 19.2 Å². The maximum Gasteiger partial charge on any atom is 0.356 e. The number of esters is 1. The number of aryl methyl sites for hydroxylation is 1. The van der Waals surface area contributed by atoms with E-state index in [9.17, 15) is 9.59 Å². The zero-order valence-corrected chi connectivity index (χ0v) is 12.3. The van der Waals surface area contributed by atoms with Crippen LogP contribution in [0, 0.1) is 6.92 Å². The Hall–Kier alpha value is -2.40. The molecule has 0 radical (unpaired) electrons. The normalized spacial score (nSPS) is 10.0. The van der Waals surface area contributed by atoms with Crippen molar-refractivity contribution in [2.45, 2.75) is 6.92 Å². The molecule has 0 saturated carbocycles. The molecule has 1 aromatic heterocycles. The Morgan fingerprint density at radius 2 is 1.90 bits per heavy atom. The van der Waals surface area contributed by atoms with Crippen molar-refractivity contribution >= 4 is 29.2 Å². The minimum Gasteiger partial charge on any atom is -0.464 e. The second-order valence-corrected chi connectivity index (χ2v) is 4.75. The summed E-state index contributed by atoms with van der Waals surface area (Å²) in [5, 5.41) is 3.23. The minimum atomic E-state index is -0.594. The lowest BCUT2D eigenvalue weighted by Crippen LogP contribution is -2.16. The highest BCUT2D eigenvalue weighted by Gasteiger charge is 2.13. The first-order valence-corrected chi connectivity index (χ1v) is 6.52. The lowest BCUT2D eigenvalue weighted by molar-refractivity contribution is 0.0594. The number of benzene rings is 1. The molecule has 0 spiro atoms. The lowest BCUT2D eigenvalue weighted by Gasteiger charge is -2.09. The van der Waals surface area contributed by atoms with Gasteiger partial charge in [-0.2, -0.15) is 0 Å². The summed E-state index contributed by atoms with van der Waals surface area (Å²) in [5.41, 5.74) is 1.67. The Labute approximate surface area is 126 Å². The van der Waals surface area contributed by atoms with Crippen LogP contribution in [0.25, 0.3) is 0 Å². The highest BCUT2D eigenvalue weighted by molar-refractivity contribution is 6.31. The molecule has 1 heterocycles. The fourth-order valence-electron chi connectivity index (χ4n) is 1.69. The predicted octanol–water partition coefficient (Wildman–Crippen LogP) is 3.08. The molecule has 0 saturated heterocycles. The van der Waals surface area contributed by atoms with Crippen molar-refractivity contribution in [2.24, 2.45) is 0 Å². The highest BCUT2D eigenvalue weighted by atomic mass is 35.5. The van der Waals surface area contributed by atoms with Gasteiger partial charge in [0.05, 0.1) is 7.11 Å². The number of hydrogen-bond donors (Lipinski definition) is 1. The van der Waals surface area contributed by atoms with Gasteiger partial charge in [0.25, 0.3) is 5.91 Å². The standard InChI is InChI=1S/C15H13ClN2O3/c1-9-6-7-10(16)8-13(9)18-14(19)11-4-3-5-12(17-11)15(20)21-2/h3-8H,1-2H3,(H,18,19). The SMILES string of the molecule is COC(=O)c1cccc(C(=O)Nc2cc(Cl)ccc2C)n1. The molecule has 0 aliphatic carbocycles. The lowest BCUT2D eigenvalue weighted by atomic mass is 10.2. The second-order valence-electron chi connectivity index (χ2n) is 4.31. The van der Waals surface area contributed by atoms with E-state index in [1.54, 1.807) is 24.3 Å². The molecule has 21 heavy (non-hydrogen) atoms. The largest absolute Gasteiger partial charge is 0.464 e. The van der Waals surface area contributed by atoms with Crippen molar-refractivity contribution in [3.8, 4) is 0 Å². The maximum atomic E-state index is 12.2. The average molecular weight is 305 g/mol. The Balaban J connectivity index is 2.24. The number of carbonyl (C=O) groups is 2. The third-order valence-corrected chi connectivity index (χ3v) is 3.06. The van der Waals surface area contributed by atoms with Crippen molar-refractivity contribution in [3.05, 3.63) is 58.4 Å². The number of aromatic nitrogens is 1. The van der Waals surface area contributed by atoms with Gasteiger partial charge in [0.15, 0.2) is 0 Å². The molecule has 2 aromatic rings. The maximum absolute atomic E-state index is 12.2. The average Bonchev–Trinajstić information content (AvgIpc) is 2.50. The van der Waals surface area contributed by atoms with Crippen molar-refractivity contribution in [3.63, 3.8) is 0 Å². The fourth-order valence-corrected chi connectivity index (χ4v) is 1.87. The first-order chi connectivity index (χ1) is 10.0. The summed E-state index contributed by atoms with van der Waals surface area (Å²) < 4.78 is 4.57. The molecular formula is C15H13ClN2O3. The number of rotatable bonds is 3. The number of ether oxygens (including phenoxy) is 1. The number of halogens is 1. The molecule has 108 valence electrons. The van der Waals surface area contributed by atoms with Crippen molar-refractivity contribution < 1.29 is 14.3 Å². The zero-order chi connectivity index (χ0) is 15.4. The molecule has 0 atom stereocenters. The molecule has 1 N–H and O–H groups in total. The van der Waals surface area contributed by atoms with Gasteiger partial charge in [-0.15, -0.1) is 0 Å². The van der Waals surface area contributed by atoms with E-state index >= 15 is 0 Å². The number of anilines is 1. The monoisotopic (exact) mass is 304 g/mol. The molecule has 0 fully saturated rings. The van der Waals surface area contributed by atoms with Crippen molar-refractivity contribution in [1.82, 2.24) is 4.98 Å². The van der Waals surface area contributed by atoms with Crippen LogP contribution in [0.15, 0.2) is 36.4 Å². The van der Waals surface area contributed by atoms with Crippen LogP contribution in [-0.4, -0.2) is 24.0 Å². The van der Waals surface area contributed by atoms with Gasteiger partial charge in [0.1, 0.15) is 11.4 Å². The van der Waals surface area contributed by atoms with Crippen LogP contribution in [0.1, 0.15) is 26.5 Å². The number of carbonyl (C=O) groups excluding carboxylic acids is 2. The van der Waals surface area contributed by atoms with Gasteiger partial charge < -0.3 is 10.1 Å². The van der Waals surface area contributed by atoms with E-state index in [1.807, 2.05) is 6.92 Å². The molecule has 2 rings (SSSR count). The summed E-state index contributed by atoms with van der Waals surface area (Å²) in [4.78, 5) is 27.6. The van der Waals surface area contributed by atoms with E-state index in [-0.39, 0.29) is 11.4 Å². The number of pyridine rings is 1. The van der Waals surface area contributed by atoms with Gasteiger partial charge in [-0.1, -0.05) is 23.7 Å². The van der Waals surface area contributed by atoms with E-state index in [4.69, 9.17) is 11.6 Å².